The molecule has 0 fully saturated rings. The first-order chi connectivity index (χ1) is 28.3. The van der Waals surface area contributed by atoms with Crippen molar-refractivity contribution in [2.75, 3.05) is 19.8 Å². The van der Waals surface area contributed by atoms with E-state index in [4.69, 9.17) is 24.8 Å². The van der Waals surface area contributed by atoms with Crippen molar-refractivity contribution < 1.29 is 62.8 Å². The summed E-state index contributed by atoms with van der Waals surface area (Å²) in [6, 6.07) is -1.59. The number of carboxylic acid groups (broad SMARTS) is 1. The van der Waals surface area contributed by atoms with Crippen LogP contribution < -0.4 is 5.73 Å². The Kier molecular flexibility index (Phi) is 34.6. The molecule has 0 heterocycles. The van der Waals surface area contributed by atoms with Gasteiger partial charge in [0.25, 0.3) is 0 Å². The molecule has 0 aromatic carbocycles. The van der Waals surface area contributed by atoms with Crippen molar-refractivity contribution in [3.8, 4) is 0 Å². The van der Waals surface area contributed by atoms with Crippen molar-refractivity contribution in [2.24, 2.45) is 5.73 Å². The van der Waals surface area contributed by atoms with Crippen LogP contribution >= 0.6 is 7.82 Å². The molecule has 0 aromatic heterocycles. The quantitative estimate of drug-likeness (QED) is 0.0122. The highest BCUT2D eigenvalue weighted by atomic mass is 31.2. The third-order valence-corrected chi connectivity index (χ3v) is 8.81. The second-order valence-corrected chi connectivity index (χ2v) is 14.7. The minimum Gasteiger partial charge on any atom is -0.480 e. The lowest BCUT2D eigenvalue weighted by Crippen LogP contribution is -2.34. The van der Waals surface area contributed by atoms with Gasteiger partial charge in [0.2, 0.25) is 0 Å². The first-order valence-corrected chi connectivity index (χ1v) is 21.7. The van der Waals surface area contributed by atoms with E-state index in [9.17, 15) is 39.2 Å². The molecule has 0 rings (SSSR count). The number of rotatable bonds is 35. The van der Waals surface area contributed by atoms with Crippen LogP contribution in [-0.2, 0) is 37.5 Å². The second-order valence-electron chi connectivity index (χ2n) is 13.2. The summed E-state index contributed by atoms with van der Waals surface area (Å²) in [4.78, 5) is 45.9. The summed E-state index contributed by atoms with van der Waals surface area (Å²) in [6.07, 6.45) is 36.9. The molecule has 15 heteroatoms. The largest absolute Gasteiger partial charge is 0.480 e. The molecule has 0 spiro atoms. The van der Waals surface area contributed by atoms with Gasteiger partial charge in [0.1, 0.15) is 12.6 Å². The maximum atomic E-state index is 12.6. The first-order valence-electron chi connectivity index (χ1n) is 20.2. The monoisotopic (exact) mass is 849 g/mol. The van der Waals surface area contributed by atoms with Gasteiger partial charge in [0.15, 0.2) is 6.10 Å². The third-order valence-electron chi connectivity index (χ3n) is 7.86. The van der Waals surface area contributed by atoms with Crippen LogP contribution in [0, 0.1) is 0 Å². The minimum atomic E-state index is -4.82. The molecule has 0 aromatic rings. The summed E-state index contributed by atoms with van der Waals surface area (Å²) >= 11 is 0. The van der Waals surface area contributed by atoms with Gasteiger partial charge < -0.3 is 40.5 Å². The summed E-state index contributed by atoms with van der Waals surface area (Å²) in [7, 11) is -4.82. The Balaban J connectivity index is 4.83. The van der Waals surface area contributed by atoms with Gasteiger partial charge in [-0.05, 0) is 70.6 Å². The molecule has 7 N–H and O–H groups in total. The fourth-order valence-electron chi connectivity index (χ4n) is 4.57. The smallest absolute Gasteiger partial charge is 0.472 e. The Morgan fingerprint density at radius 3 is 1.83 bits per heavy atom. The van der Waals surface area contributed by atoms with Crippen molar-refractivity contribution in [3.63, 3.8) is 0 Å². The Labute approximate surface area is 350 Å². The van der Waals surface area contributed by atoms with E-state index in [0.717, 1.165) is 38.5 Å². The molecule has 0 saturated heterocycles. The molecule has 0 aliphatic heterocycles. The van der Waals surface area contributed by atoms with Crippen molar-refractivity contribution in [2.45, 2.75) is 128 Å². The highest BCUT2D eigenvalue weighted by Crippen LogP contribution is 2.43. The van der Waals surface area contributed by atoms with Gasteiger partial charge in [-0.15, -0.1) is 0 Å². The lowest BCUT2D eigenvalue weighted by Gasteiger charge is -2.20. The lowest BCUT2D eigenvalue weighted by molar-refractivity contribution is -0.161. The zero-order chi connectivity index (χ0) is 44.0. The van der Waals surface area contributed by atoms with Crippen molar-refractivity contribution in [1.82, 2.24) is 0 Å². The second kappa shape index (κ2) is 37.1. The molecule has 0 amide bonds. The van der Waals surface area contributed by atoms with E-state index in [1.807, 2.05) is 31.2 Å². The van der Waals surface area contributed by atoms with Crippen LogP contribution in [-0.4, -0.2) is 93.5 Å². The van der Waals surface area contributed by atoms with Crippen molar-refractivity contribution in [3.05, 3.63) is 109 Å². The van der Waals surface area contributed by atoms with Crippen LogP contribution in [0.1, 0.15) is 97.3 Å². The Morgan fingerprint density at radius 1 is 0.661 bits per heavy atom. The molecular formula is C44H68NO13P. The molecule has 0 aliphatic carbocycles. The maximum Gasteiger partial charge on any atom is 0.472 e. The summed E-state index contributed by atoms with van der Waals surface area (Å²) in [6.45, 7) is 2.06. The van der Waals surface area contributed by atoms with E-state index >= 15 is 0 Å². The van der Waals surface area contributed by atoms with Crippen LogP contribution in [0.5, 0.6) is 0 Å². The number of aliphatic hydroxyl groups is 3. The molecule has 14 nitrogen and oxygen atoms in total. The number of esters is 2. The van der Waals surface area contributed by atoms with E-state index in [2.05, 4.69) is 47.9 Å². The van der Waals surface area contributed by atoms with Gasteiger partial charge in [-0.1, -0.05) is 123 Å². The highest BCUT2D eigenvalue weighted by molar-refractivity contribution is 7.47. The van der Waals surface area contributed by atoms with Crippen LogP contribution in [0.3, 0.4) is 0 Å². The van der Waals surface area contributed by atoms with E-state index in [1.54, 1.807) is 42.5 Å². The minimum absolute atomic E-state index is 0.0274. The van der Waals surface area contributed by atoms with Crippen LogP contribution in [0.25, 0.3) is 0 Å². The summed E-state index contributed by atoms with van der Waals surface area (Å²) in [5.74, 6) is -2.83. The zero-order valence-corrected chi connectivity index (χ0v) is 35.5. The zero-order valence-electron chi connectivity index (χ0n) is 34.6. The average Bonchev–Trinajstić information content (AvgIpc) is 3.20. The number of aliphatic hydroxyl groups excluding tert-OH is 3. The van der Waals surface area contributed by atoms with Gasteiger partial charge in [0, 0.05) is 12.8 Å². The standard InChI is InChI=1S/C44H68NO13P/c1-3-5-7-8-9-10-11-12-13-14-15-16-17-22-26-32-43(50)58-38(35-56-59(53,54)57-36-39(45)44(51)52)34-55-42(49)33-27-31-41(48)40(47)30-25-21-19-18-20-24-29-37(46)28-23-6-4-2/h5-7,9-10,12-13,15-16,18-21,23-25,29-30,37-41,46-48H,3-4,8,11,14,17,22,26-28,31-36,45H2,1-2H3,(H,51,52)(H,53,54)/b7-5-,10-9-,13-12-,16-15-,20-18+,21-19-,23-6-,29-24+,30-25-/t37-,38-,39+,40+,41+/m1/s1. The topological polar surface area (TPSA) is 232 Å². The Morgan fingerprint density at radius 2 is 1.20 bits per heavy atom. The number of aliphatic carboxylic acids is 1. The number of hydrogen-bond donors (Lipinski definition) is 6. The Bertz CT molecular complexity index is 1460. The summed E-state index contributed by atoms with van der Waals surface area (Å²) in [5.41, 5.74) is 5.30. The number of phosphoric ester groups is 1. The SMILES string of the molecule is CC/C=C\C/C=C\C/C=C\C/C=C\CCCCC(=O)O[C@H](COC(=O)CCC[C@H](O)[C@@H](O)\C=C/C=C\C=C\C=C\[C@H](O)C/C=C\CC)COP(=O)(O)OC[C@H](N)C(=O)O. The van der Waals surface area contributed by atoms with E-state index in [1.165, 1.54) is 6.08 Å². The van der Waals surface area contributed by atoms with E-state index in [0.29, 0.717) is 19.3 Å². The van der Waals surface area contributed by atoms with E-state index < -0.39 is 76.0 Å². The molecular weight excluding hydrogens is 781 g/mol. The summed E-state index contributed by atoms with van der Waals surface area (Å²) < 4.78 is 32.3. The number of unbranched alkanes of at least 4 members (excludes halogenated alkanes) is 2. The van der Waals surface area contributed by atoms with Crippen LogP contribution in [0.4, 0.5) is 0 Å². The third kappa shape index (κ3) is 35.7. The number of nitrogens with two attached hydrogens (primary N) is 1. The van der Waals surface area contributed by atoms with E-state index in [-0.39, 0.29) is 25.7 Å². The number of ether oxygens (including phenoxy) is 2. The van der Waals surface area contributed by atoms with Crippen LogP contribution in [0.2, 0.25) is 0 Å². The fraction of sp³-hybridized carbons (Fsp3) is 0.523. The number of hydrogen-bond acceptors (Lipinski definition) is 12. The molecule has 0 bridgehead atoms. The Hall–Kier alpha value is -3.98. The fourth-order valence-corrected chi connectivity index (χ4v) is 5.35. The molecule has 59 heavy (non-hydrogen) atoms. The molecule has 0 aliphatic rings. The number of allylic oxidation sites excluding steroid dienone is 15. The number of carboxylic acids is 1. The molecule has 0 saturated carbocycles. The number of carbonyl (C=O) groups is 3. The predicted molar refractivity (Wildman–Crippen MR) is 230 cm³/mol. The predicted octanol–water partition coefficient (Wildman–Crippen LogP) is 7.19. The molecule has 1 unspecified atom stereocenters. The highest BCUT2D eigenvalue weighted by Gasteiger charge is 2.28. The average molecular weight is 850 g/mol. The molecule has 6 atom stereocenters. The van der Waals surface area contributed by atoms with Crippen molar-refractivity contribution in [1.29, 1.82) is 0 Å². The molecule has 0 radical (unpaired) electrons. The van der Waals surface area contributed by atoms with Crippen LogP contribution in [0.15, 0.2) is 109 Å². The molecule has 332 valence electrons. The van der Waals surface area contributed by atoms with Gasteiger partial charge in [-0.3, -0.25) is 23.4 Å². The summed E-state index contributed by atoms with van der Waals surface area (Å²) in [5, 5.41) is 39.2. The van der Waals surface area contributed by atoms with Gasteiger partial charge in [-0.25, -0.2) is 4.57 Å². The van der Waals surface area contributed by atoms with Crippen molar-refractivity contribution >= 4 is 25.7 Å². The number of phosphoric acid groups is 1. The van der Waals surface area contributed by atoms with Gasteiger partial charge in [-0.2, -0.15) is 0 Å². The van der Waals surface area contributed by atoms with Gasteiger partial charge in [0.05, 0.1) is 31.5 Å². The maximum absolute atomic E-state index is 12.6. The first kappa shape index (κ1) is 55.0. The lowest BCUT2D eigenvalue weighted by atomic mass is 10.1. The van der Waals surface area contributed by atoms with Gasteiger partial charge >= 0.3 is 25.7 Å². The normalized spacial score (nSPS) is 16.5. The number of carbonyl (C=O) groups excluding carboxylic acids is 2.